The van der Waals surface area contributed by atoms with E-state index in [0.717, 1.165) is 31.9 Å². The van der Waals surface area contributed by atoms with Crippen molar-refractivity contribution in [3.05, 3.63) is 94.0 Å². The van der Waals surface area contributed by atoms with Gasteiger partial charge >= 0.3 is 0 Å². The summed E-state index contributed by atoms with van der Waals surface area (Å²) in [5, 5.41) is 2.95. The van der Waals surface area contributed by atoms with E-state index in [-0.39, 0.29) is 29.3 Å². The average Bonchev–Trinajstić information content (AvgIpc) is 2.94. The van der Waals surface area contributed by atoms with E-state index in [1.807, 2.05) is 57.2 Å². The molecule has 7 nitrogen and oxygen atoms in total. The predicted molar refractivity (Wildman–Crippen MR) is 168 cm³/mol. The molecular weight excluding hydrogens is 602 g/mol. The maximum atomic E-state index is 14.1. The first-order valence-corrected chi connectivity index (χ1v) is 16.1. The fraction of sp³-hybridized carbons (Fsp3) is 0.375. The second kappa shape index (κ2) is 14.1. The Labute approximate surface area is 253 Å². The fourth-order valence-corrected chi connectivity index (χ4v) is 6.13. The first-order valence-electron chi connectivity index (χ1n) is 13.9. The van der Waals surface area contributed by atoms with E-state index in [1.54, 1.807) is 43.3 Å². The third kappa shape index (κ3) is 8.42. The molecule has 0 saturated heterocycles. The van der Waals surface area contributed by atoms with E-state index in [4.69, 9.17) is 0 Å². The van der Waals surface area contributed by atoms with E-state index >= 15 is 0 Å². The number of carbonyl (C=O) groups is 2. The molecule has 41 heavy (non-hydrogen) atoms. The van der Waals surface area contributed by atoms with Crippen LogP contribution < -0.4 is 9.62 Å². The summed E-state index contributed by atoms with van der Waals surface area (Å²) in [6.45, 7) is 11.2. The Bertz CT molecular complexity index is 1440. The lowest BCUT2D eigenvalue weighted by atomic mass is 10.0. The van der Waals surface area contributed by atoms with Gasteiger partial charge < -0.3 is 10.2 Å². The molecule has 0 aromatic heterocycles. The van der Waals surface area contributed by atoms with Crippen molar-refractivity contribution in [2.24, 2.45) is 0 Å². The SMILES string of the molecule is CC[C@H](C)NC(=O)[C@@H](C)N(Cc1cccc(Br)c1)C(=O)CN(c1ccc(C(C)C)cc1)S(=O)(=O)c1ccc(C)cc1. The molecule has 0 saturated carbocycles. The van der Waals surface area contributed by atoms with Crippen molar-refractivity contribution in [2.45, 2.75) is 77.4 Å². The van der Waals surface area contributed by atoms with Gasteiger partial charge in [0.15, 0.2) is 0 Å². The highest BCUT2D eigenvalue weighted by Crippen LogP contribution is 2.27. The van der Waals surface area contributed by atoms with Gasteiger partial charge in [0.25, 0.3) is 10.0 Å². The van der Waals surface area contributed by atoms with Gasteiger partial charge in [-0.1, -0.05) is 78.7 Å². The molecule has 9 heteroatoms. The number of sulfonamides is 1. The van der Waals surface area contributed by atoms with Crippen molar-refractivity contribution in [2.75, 3.05) is 10.8 Å². The number of halogens is 1. The van der Waals surface area contributed by atoms with Gasteiger partial charge in [-0.3, -0.25) is 13.9 Å². The largest absolute Gasteiger partial charge is 0.352 e. The number of nitrogens with zero attached hydrogens (tertiary/aromatic N) is 2. The first kappa shape index (κ1) is 32.3. The Morgan fingerprint density at radius 1 is 0.927 bits per heavy atom. The molecular formula is C32H40BrN3O4S. The minimum absolute atomic E-state index is 0.0642. The molecule has 0 aliphatic rings. The van der Waals surface area contributed by atoms with Crippen LogP contribution in [0.25, 0.3) is 0 Å². The standard InChI is InChI=1S/C32H40BrN3O4S/c1-7-24(5)34-32(38)25(6)35(20-26-9-8-10-28(33)19-26)31(37)21-36(29-15-13-27(14-16-29)22(2)3)41(39,40)30-17-11-23(4)12-18-30/h8-19,22,24-25H,7,20-21H2,1-6H3,(H,34,38)/t24-,25+/m0/s1. The number of amides is 2. The van der Waals surface area contributed by atoms with Crippen LogP contribution in [0.2, 0.25) is 0 Å². The van der Waals surface area contributed by atoms with Crippen LogP contribution in [0.4, 0.5) is 5.69 Å². The number of anilines is 1. The van der Waals surface area contributed by atoms with Crippen LogP contribution in [0.3, 0.4) is 0 Å². The molecule has 3 rings (SSSR count). The van der Waals surface area contributed by atoms with Crippen LogP contribution in [0, 0.1) is 6.92 Å². The normalized spacial score (nSPS) is 13.0. The zero-order valence-corrected chi connectivity index (χ0v) is 27.0. The number of rotatable bonds is 12. The van der Waals surface area contributed by atoms with Crippen LogP contribution in [-0.4, -0.2) is 43.8 Å². The third-order valence-corrected chi connectivity index (χ3v) is 9.43. The minimum atomic E-state index is -4.10. The molecule has 3 aromatic carbocycles. The Hall–Kier alpha value is -3.17. The van der Waals surface area contributed by atoms with Gasteiger partial charge in [0.1, 0.15) is 12.6 Å². The molecule has 0 bridgehead atoms. The topological polar surface area (TPSA) is 86.8 Å². The summed E-state index contributed by atoms with van der Waals surface area (Å²) in [6.07, 6.45) is 0.743. The summed E-state index contributed by atoms with van der Waals surface area (Å²) in [6, 6.07) is 20.4. The smallest absolute Gasteiger partial charge is 0.264 e. The number of nitrogens with one attached hydrogen (secondary N) is 1. The van der Waals surface area contributed by atoms with Crippen LogP contribution in [0.1, 0.15) is 63.6 Å². The summed E-state index contributed by atoms with van der Waals surface area (Å²) >= 11 is 3.47. The van der Waals surface area contributed by atoms with Gasteiger partial charge in [-0.25, -0.2) is 8.42 Å². The Morgan fingerprint density at radius 3 is 2.12 bits per heavy atom. The minimum Gasteiger partial charge on any atom is -0.352 e. The zero-order chi connectivity index (χ0) is 30.3. The number of benzene rings is 3. The summed E-state index contributed by atoms with van der Waals surface area (Å²) in [4.78, 5) is 28.8. The summed E-state index contributed by atoms with van der Waals surface area (Å²) in [5.41, 5.74) is 3.17. The van der Waals surface area contributed by atoms with Gasteiger partial charge in [0, 0.05) is 17.1 Å². The van der Waals surface area contributed by atoms with Gasteiger partial charge in [-0.15, -0.1) is 0 Å². The summed E-state index contributed by atoms with van der Waals surface area (Å²) in [7, 11) is -4.10. The lowest BCUT2D eigenvalue weighted by molar-refractivity contribution is -0.139. The van der Waals surface area contributed by atoms with Crippen LogP contribution in [-0.2, 0) is 26.2 Å². The highest BCUT2D eigenvalue weighted by atomic mass is 79.9. The third-order valence-electron chi connectivity index (χ3n) is 7.15. The second-order valence-electron chi connectivity index (χ2n) is 10.7. The van der Waals surface area contributed by atoms with Gasteiger partial charge in [-0.05, 0) is 80.6 Å². The summed E-state index contributed by atoms with van der Waals surface area (Å²) < 4.78 is 29.9. The van der Waals surface area contributed by atoms with E-state index < -0.39 is 28.5 Å². The lowest BCUT2D eigenvalue weighted by Gasteiger charge is -2.32. The quantitative estimate of drug-likeness (QED) is 0.248. The second-order valence-corrected chi connectivity index (χ2v) is 13.5. The molecule has 0 fully saturated rings. The molecule has 1 N–H and O–H groups in total. The molecule has 0 aliphatic heterocycles. The zero-order valence-electron chi connectivity index (χ0n) is 24.6. The highest BCUT2D eigenvalue weighted by Gasteiger charge is 2.32. The number of aryl methyl sites for hydroxylation is 1. The van der Waals surface area contributed by atoms with Crippen molar-refractivity contribution >= 4 is 43.5 Å². The highest BCUT2D eigenvalue weighted by molar-refractivity contribution is 9.10. The van der Waals surface area contributed by atoms with Crippen LogP contribution in [0.15, 0.2) is 82.2 Å². The number of hydrogen-bond acceptors (Lipinski definition) is 4. The van der Waals surface area contributed by atoms with E-state index in [0.29, 0.717) is 5.69 Å². The molecule has 0 spiro atoms. The maximum absolute atomic E-state index is 14.1. The molecule has 0 aliphatic carbocycles. The molecule has 2 atom stereocenters. The molecule has 220 valence electrons. The maximum Gasteiger partial charge on any atom is 0.264 e. The molecule has 0 unspecified atom stereocenters. The summed E-state index contributed by atoms with van der Waals surface area (Å²) in [5.74, 6) is -0.518. The molecule has 2 amide bonds. The Morgan fingerprint density at radius 2 is 1.56 bits per heavy atom. The van der Waals surface area contributed by atoms with E-state index in [2.05, 4.69) is 35.1 Å². The number of hydrogen-bond donors (Lipinski definition) is 1. The van der Waals surface area contributed by atoms with E-state index in [1.165, 1.54) is 4.90 Å². The average molecular weight is 643 g/mol. The van der Waals surface area contributed by atoms with Crippen molar-refractivity contribution < 1.29 is 18.0 Å². The Kier molecular flexibility index (Phi) is 11.2. The van der Waals surface area contributed by atoms with Crippen LogP contribution in [0.5, 0.6) is 0 Å². The molecule has 0 radical (unpaired) electrons. The Balaban J connectivity index is 2.04. The fourth-order valence-electron chi connectivity index (χ4n) is 4.27. The van der Waals surface area contributed by atoms with Crippen molar-refractivity contribution in [3.8, 4) is 0 Å². The van der Waals surface area contributed by atoms with Gasteiger partial charge in [0.2, 0.25) is 11.8 Å². The first-order chi connectivity index (χ1) is 19.3. The molecule has 3 aromatic rings. The van der Waals surface area contributed by atoms with Gasteiger partial charge in [-0.2, -0.15) is 0 Å². The van der Waals surface area contributed by atoms with Crippen molar-refractivity contribution in [3.63, 3.8) is 0 Å². The molecule has 0 heterocycles. The van der Waals surface area contributed by atoms with Gasteiger partial charge in [0.05, 0.1) is 10.6 Å². The van der Waals surface area contributed by atoms with Crippen LogP contribution >= 0.6 is 15.9 Å². The lowest BCUT2D eigenvalue weighted by Crippen LogP contribution is -2.52. The van der Waals surface area contributed by atoms with Crippen molar-refractivity contribution in [1.82, 2.24) is 10.2 Å². The monoisotopic (exact) mass is 641 g/mol. The van der Waals surface area contributed by atoms with E-state index in [9.17, 15) is 18.0 Å². The van der Waals surface area contributed by atoms with Crippen molar-refractivity contribution in [1.29, 1.82) is 0 Å². The predicted octanol–water partition coefficient (Wildman–Crippen LogP) is 6.41. The number of carbonyl (C=O) groups excluding carboxylic acids is 2.